The number of rotatable bonds is 2. The Morgan fingerprint density at radius 1 is 1.50 bits per heavy atom. The van der Waals surface area contributed by atoms with Gasteiger partial charge in [-0.05, 0) is 12.3 Å². The predicted octanol–water partition coefficient (Wildman–Crippen LogP) is 0.659. The van der Waals surface area contributed by atoms with Crippen LogP contribution in [0.1, 0.15) is 13.3 Å². The fourth-order valence-electron chi connectivity index (χ4n) is 1.99. The second-order valence-corrected chi connectivity index (χ2v) is 4.29. The quantitative estimate of drug-likeness (QED) is 0.796. The Kier molecular flexibility index (Phi) is 3.24. The van der Waals surface area contributed by atoms with E-state index in [4.69, 9.17) is 10.5 Å². The fraction of sp³-hybridized carbons (Fsp3) is 0.636. The Morgan fingerprint density at radius 2 is 2.31 bits per heavy atom. The molecule has 0 aliphatic carbocycles. The molecule has 2 atom stereocenters. The van der Waals surface area contributed by atoms with Crippen LogP contribution in [0.25, 0.3) is 0 Å². The van der Waals surface area contributed by atoms with Gasteiger partial charge in [-0.15, -0.1) is 0 Å². The summed E-state index contributed by atoms with van der Waals surface area (Å²) in [6.45, 7) is 4.07. The minimum absolute atomic E-state index is 0.306. The summed E-state index contributed by atoms with van der Waals surface area (Å²) in [7, 11) is 1.61. The summed E-state index contributed by atoms with van der Waals surface area (Å²) in [5.74, 6) is 2.02. The molecule has 1 aliphatic heterocycles. The van der Waals surface area contributed by atoms with Gasteiger partial charge >= 0.3 is 0 Å². The summed E-state index contributed by atoms with van der Waals surface area (Å²) in [5, 5.41) is 0. The van der Waals surface area contributed by atoms with E-state index in [2.05, 4.69) is 21.8 Å². The molecular formula is C11H18N4O. The molecule has 5 nitrogen and oxygen atoms in total. The van der Waals surface area contributed by atoms with Crippen LogP contribution in [0.5, 0.6) is 5.88 Å². The molecule has 0 saturated carbocycles. The molecule has 2 heterocycles. The van der Waals surface area contributed by atoms with Gasteiger partial charge in [0.05, 0.1) is 7.11 Å². The number of hydrogen-bond donors (Lipinski definition) is 1. The standard InChI is InChI=1S/C11H18N4O/c1-8-6-15(4-3-9(8)12)10-5-11(16-2)14-7-13-10/h5,7-9H,3-4,6,12H2,1-2H3. The van der Waals surface area contributed by atoms with Crippen molar-refractivity contribution in [1.82, 2.24) is 9.97 Å². The summed E-state index contributed by atoms with van der Waals surface area (Å²) < 4.78 is 5.09. The number of piperidine rings is 1. The Hall–Kier alpha value is -1.36. The van der Waals surface area contributed by atoms with E-state index in [1.807, 2.05) is 6.07 Å². The van der Waals surface area contributed by atoms with E-state index in [0.717, 1.165) is 25.3 Å². The van der Waals surface area contributed by atoms with E-state index in [0.29, 0.717) is 17.8 Å². The first-order valence-corrected chi connectivity index (χ1v) is 5.57. The van der Waals surface area contributed by atoms with Gasteiger partial charge in [0, 0.05) is 25.2 Å². The van der Waals surface area contributed by atoms with E-state index in [1.54, 1.807) is 7.11 Å². The summed E-state index contributed by atoms with van der Waals surface area (Å²) in [6.07, 6.45) is 2.54. The lowest BCUT2D eigenvalue weighted by Crippen LogP contribution is -2.46. The molecule has 1 aromatic heterocycles. The van der Waals surface area contributed by atoms with E-state index < -0.39 is 0 Å². The second-order valence-electron chi connectivity index (χ2n) is 4.29. The van der Waals surface area contributed by atoms with Gasteiger partial charge < -0.3 is 15.4 Å². The first-order valence-electron chi connectivity index (χ1n) is 5.57. The van der Waals surface area contributed by atoms with Crippen LogP contribution in [0, 0.1) is 5.92 Å². The Labute approximate surface area is 95.6 Å². The summed E-state index contributed by atoms with van der Waals surface area (Å²) >= 11 is 0. The highest BCUT2D eigenvalue weighted by molar-refractivity contribution is 5.41. The van der Waals surface area contributed by atoms with Crippen molar-refractivity contribution in [2.45, 2.75) is 19.4 Å². The zero-order chi connectivity index (χ0) is 11.5. The first kappa shape index (κ1) is 11.1. The zero-order valence-electron chi connectivity index (χ0n) is 9.76. The largest absolute Gasteiger partial charge is 0.481 e. The van der Waals surface area contributed by atoms with Crippen molar-refractivity contribution >= 4 is 5.82 Å². The average Bonchev–Trinajstić information content (AvgIpc) is 2.33. The third-order valence-electron chi connectivity index (χ3n) is 3.13. The molecule has 5 heteroatoms. The number of hydrogen-bond acceptors (Lipinski definition) is 5. The number of nitrogens with zero attached hydrogens (tertiary/aromatic N) is 3. The first-order chi connectivity index (χ1) is 7.70. The summed E-state index contributed by atoms with van der Waals surface area (Å²) in [5.41, 5.74) is 5.99. The molecule has 2 N–H and O–H groups in total. The van der Waals surface area contributed by atoms with E-state index in [9.17, 15) is 0 Å². The van der Waals surface area contributed by atoms with Crippen molar-refractivity contribution in [1.29, 1.82) is 0 Å². The van der Waals surface area contributed by atoms with Crippen LogP contribution < -0.4 is 15.4 Å². The third kappa shape index (κ3) is 2.24. The number of nitrogens with two attached hydrogens (primary N) is 1. The molecule has 0 amide bonds. The van der Waals surface area contributed by atoms with E-state index in [1.165, 1.54) is 6.33 Å². The molecule has 2 rings (SSSR count). The maximum Gasteiger partial charge on any atom is 0.218 e. The number of ether oxygens (including phenoxy) is 1. The third-order valence-corrected chi connectivity index (χ3v) is 3.13. The molecule has 0 aromatic carbocycles. The van der Waals surface area contributed by atoms with Gasteiger partial charge in [0.15, 0.2) is 0 Å². The van der Waals surface area contributed by atoms with Crippen molar-refractivity contribution in [2.75, 3.05) is 25.1 Å². The van der Waals surface area contributed by atoms with Crippen molar-refractivity contribution in [3.63, 3.8) is 0 Å². The lowest BCUT2D eigenvalue weighted by molar-refractivity contribution is 0.378. The van der Waals surface area contributed by atoms with Gasteiger partial charge in [0.25, 0.3) is 0 Å². The van der Waals surface area contributed by atoms with Gasteiger partial charge in [-0.25, -0.2) is 9.97 Å². The predicted molar refractivity (Wildman–Crippen MR) is 62.6 cm³/mol. The fourth-order valence-corrected chi connectivity index (χ4v) is 1.99. The van der Waals surface area contributed by atoms with Gasteiger partial charge in [-0.2, -0.15) is 0 Å². The zero-order valence-corrected chi connectivity index (χ0v) is 9.76. The smallest absolute Gasteiger partial charge is 0.218 e. The normalized spacial score (nSPS) is 25.6. The van der Waals surface area contributed by atoms with Crippen LogP contribution in [-0.4, -0.2) is 36.2 Å². The maximum absolute atomic E-state index is 5.99. The number of aromatic nitrogens is 2. The molecule has 88 valence electrons. The second kappa shape index (κ2) is 4.65. The molecule has 1 fully saturated rings. The summed E-state index contributed by atoms with van der Waals surface area (Å²) in [6, 6.07) is 2.17. The monoisotopic (exact) mass is 222 g/mol. The lowest BCUT2D eigenvalue weighted by atomic mass is 9.95. The van der Waals surface area contributed by atoms with Gasteiger partial charge in [0.1, 0.15) is 12.1 Å². The van der Waals surface area contributed by atoms with E-state index >= 15 is 0 Å². The van der Waals surface area contributed by atoms with Crippen molar-refractivity contribution in [3.05, 3.63) is 12.4 Å². The topological polar surface area (TPSA) is 64.3 Å². The lowest BCUT2D eigenvalue weighted by Gasteiger charge is -2.35. The highest BCUT2D eigenvalue weighted by atomic mass is 16.5. The van der Waals surface area contributed by atoms with E-state index in [-0.39, 0.29) is 0 Å². The van der Waals surface area contributed by atoms with Gasteiger partial charge in [0.2, 0.25) is 5.88 Å². The Bertz CT molecular complexity index is 358. The molecular weight excluding hydrogens is 204 g/mol. The molecule has 16 heavy (non-hydrogen) atoms. The highest BCUT2D eigenvalue weighted by Gasteiger charge is 2.24. The maximum atomic E-state index is 5.99. The molecule has 0 spiro atoms. The van der Waals surface area contributed by atoms with Crippen molar-refractivity contribution in [2.24, 2.45) is 11.7 Å². The molecule has 1 aromatic rings. The molecule has 2 unspecified atom stereocenters. The minimum Gasteiger partial charge on any atom is -0.481 e. The molecule has 1 aliphatic rings. The van der Waals surface area contributed by atoms with Gasteiger partial charge in [-0.3, -0.25) is 0 Å². The van der Waals surface area contributed by atoms with Crippen molar-refractivity contribution < 1.29 is 4.74 Å². The molecule has 0 radical (unpaired) electrons. The number of methoxy groups -OCH3 is 1. The van der Waals surface area contributed by atoms with Crippen LogP contribution in [0.15, 0.2) is 12.4 Å². The molecule has 1 saturated heterocycles. The van der Waals surface area contributed by atoms with Crippen LogP contribution in [-0.2, 0) is 0 Å². The molecule has 0 bridgehead atoms. The Morgan fingerprint density at radius 3 is 3.00 bits per heavy atom. The summed E-state index contributed by atoms with van der Waals surface area (Å²) in [4.78, 5) is 10.5. The minimum atomic E-state index is 0.306. The van der Waals surface area contributed by atoms with Crippen LogP contribution in [0.3, 0.4) is 0 Å². The van der Waals surface area contributed by atoms with Crippen LogP contribution in [0.2, 0.25) is 0 Å². The highest BCUT2D eigenvalue weighted by Crippen LogP contribution is 2.22. The van der Waals surface area contributed by atoms with Gasteiger partial charge in [-0.1, -0.05) is 6.92 Å². The van der Waals surface area contributed by atoms with Crippen molar-refractivity contribution in [3.8, 4) is 5.88 Å². The van der Waals surface area contributed by atoms with Crippen LogP contribution in [0.4, 0.5) is 5.82 Å². The average molecular weight is 222 g/mol. The number of anilines is 1. The van der Waals surface area contributed by atoms with Crippen LogP contribution >= 0.6 is 0 Å². The Balaban J connectivity index is 2.12. The SMILES string of the molecule is COc1cc(N2CCC(N)C(C)C2)ncn1.